The summed E-state index contributed by atoms with van der Waals surface area (Å²) in [5.41, 5.74) is 8.58. The number of azide groups is 1. The van der Waals surface area contributed by atoms with Crippen LogP contribution in [0.1, 0.15) is 11.1 Å². The Hall–Kier alpha value is -0.0587. The molecular formula is C12H16BF3KN5. The molecule has 1 N–H and O–H groups in total. The van der Waals surface area contributed by atoms with E-state index in [1.54, 1.807) is 6.07 Å². The van der Waals surface area contributed by atoms with Crippen LogP contribution in [-0.4, -0.2) is 38.1 Å². The second-order valence-electron chi connectivity index (χ2n) is 5.11. The Kier molecular flexibility index (Phi) is 7.90. The first-order valence-corrected chi connectivity index (χ1v) is 6.73. The van der Waals surface area contributed by atoms with Gasteiger partial charge in [0.1, 0.15) is 0 Å². The zero-order chi connectivity index (χ0) is 15.5. The Morgan fingerprint density at radius 2 is 1.95 bits per heavy atom. The molecule has 0 radical (unpaired) electrons. The molecule has 1 saturated heterocycles. The van der Waals surface area contributed by atoms with E-state index < -0.39 is 12.4 Å². The molecule has 1 aromatic rings. The van der Waals surface area contributed by atoms with Crippen molar-refractivity contribution in [2.45, 2.75) is 13.5 Å². The Morgan fingerprint density at radius 3 is 2.50 bits per heavy atom. The van der Waals surface area contributed by atoms with Crippen LogP contribution in [-0.2, 0) is 6.54 Å². The molecule has 1 fully saturated rings. The minimum atomic E-state index is -5.13. The van der Waals surface area contributed by atoms with Crippen LogP contribution in [0, 0.1) is 6.92 Å². The molecular weight excluding hydrogens is 321 g/mol. The molecule has 0 bridgehead atoms. The van der Waals surface area contributed by atoms with Crippen molar-refractivity contribution < 1.29 is 64.3 Å². The molecule has 0 unspecified atom stereocenters. The summed E-state index contributed by atoms with van der Waals surface area (Å²) < 4.78 is 39.4. The first-order chi connectivity index (χ1) is 9.91. The average molecular weight is 337 g/mol. The van der Waals surface area contributed by atoms with Crippen LogP contribution in [0.25, 0.3) is 10.4 Å². The molecule has 0 saturated carbocycles. The third-order valence-corrected chi connectivity index (χ3v) is 3.66. The topological polar surface area (TPSA) is 64.0 Å². The first-order valence-electron chi connectivity index (χ1n) is 6.73. The van der Waals surface area contributed by atoms with Crippen molar-refractivity contribution in [1.29, 1.82) is 0 Å². The summed E-state index contributed by atoms with van der Waals surface area (Å²) in [6.07, 6.45) is 0. The van der Waals surface area contributed by atoms with Crippen LogP contribution in [0.2, 0.25) is 0 Å². The van der Waals surface area contributed by atoms with Gasteiger partial charge in [-0.05, 0) is 24.1 Å². The monoisotopic (exact) mass is 337 g/mol. The number of rotatable bonds is 4. The molecule has 1 heterocycles. The maximum absolute atomic E-state index is 13.1. The Morgan fingerprint density at radius 1 is 1.32 bits per heavy atom. The standard InChI is InChI=1S/C12H16BF3N5.K/c1-9-10(8-21-4-2-18-3-5-21)6-11(19-20-17)7-12(9)13(14,15)16;/h6-7,18H,2-5,8H2,1H3;/q-1;+1. The van der Waals surface area contributed by atoms with Gasteiger partial charge < -0.3 is 18.3 Å². The molecule has 1 aliphatic rings. The molecule has 2 rings (SSSR count). The van der Waals surface area contributed by atoms with Crippen molar-refractivity contribution >= 4 is 18.1 Å². The van der Waals surface area contributed by atoms with Gasteiger partial charge in [0.15, 0.2) is 0 Å². The Bertz CT molecular complexity index is 569. The number of hydrogen-bond donors (Lipinski definition) is 1. The second kappa shape index (κ2) is 8.70. The molecule has 0 aromatic heterocycles. The number of benzene rings is 1. The van der Waals surface area contributed by atoms with Crippen LogP contribution in [0.5, 0.6) is 0 Å². The van der Waals surface area contributed by atoms with E-state index in [1.807, 2.05) is 0 Å². The van der Waals surface area contributed by atoms with Gasteiger partial charge in [0, 0.05) is 43.3 Å². The fraction of sp³-hybridized carbons (Fsp3) is 0.500. The summed E-state index contributed by atoms with van der Waals surface area (Å²) in [6.45, 7) is 0.00641. The summed E-state index contributed by atoms with van der Waals surface area (Å²) in [5.74, 6) is 0. The Balaban J connectivity index is 0.00000242. The van der Waals surface area contributed by atoms with E-state index >= 15 is 0 Å². The molecule has 10 heteroatoms. The van der Waals surface area contributed by atoms with Crippen LogP contribution in [0.3, 0.4) is 0 Å². The number of hydrogen-bond acceptors (Lipinski definition) is 3. The summed E-state index contributed by atoms with van der Waals surface area (Å²) in [5, 5.41) is 6.53. The summed E-state index contributed by atoms with van der Waals surface area (Å²) in [6, 6.07) is 2.47. The maximum Gasteiger partial charge on any atom is 1.00 e. The van der Waals surface area contributed by atoms with Gasteiger partial charge in [0.2, 0.25) is 0 Å². The largest absolute Gasteiger partial charge is 1.00 e. The van der Waals surface area contributed by atoms with Gasteiger partial charge in [-0.25, -0.2) is 0 Å². The molecule has 114 valence electrons. The van der Waals surface area contributed by atoms with E-state index in [0.717, 1.165) is 32.2 Å². The predicted octanol–water partition coefficient (Wildman–Crippen LogP) is -0.600. The van der Waals surface area contributed by atoms with Crippen LogP contribution < -0.4 is 62.2 Å². The maximum atomic E-state index is 13.1. The first kappa shape index (κ1) is 20.0. The van der Waals surface area contributed by atoms with Crippen molar-refractivity contribution in [3.05, 3.63) is 33.7 Å². The van der Waals surface area contributed by atoms with Crippen molar-refractivity contribution in [2.75, 3.05) is 26.2 Å². The molecule has 0 aliphatic carbocycles. The number of halogens is 3. The fourth-order valence-electron chi connectivity index (χ4n) is 2.51. The van der Waals surface area contributed by atoms with Crippen molar-refractivity contribution in [3.8, 4) is 0 Å². The zero-order valence-electron chi connectivity index (χ0n) is 12.7. The SMILES string of the molecule is Cc1c(CN2CCNCC2)cc(N=[N+]=[N-])cc1[B-](F)(F)F.[K+]. The molecule has 0 amide bonds. The van der Waals surface area contributed by atoms with Crippen molar-refractivity contribution in [3.63, 3.8) is 0 Å². The minimum Gasteiger partial charge on any atom is -0.445 e. The normalized spacial score (nSPS) is 15.8. The second-order valence-corrected chi connectivity index (χ2v) is 5.11. The van der Waals surface area contributed by atoms with Gasteiger partial charge in [-0.15, -0.1) is 5.46 Å². The summed E-state index contributed by atoms with van der Waals surface area (Å²) in [7, 11) is 0. The average Bonchev–Trinajstić information content (AvgIpc) is 2.42. The number of piperazine rings is 1. The predicted molar refractivity (Wildman–Crippen MR) is 76.8 cm³/mol. The minimum absolute atomic E-state index is 0. The molecule has 0 spiro atoms. The van der Waals surface area contributed by atoms with Crippen LogP contribution in [0.4, 0.5) is 18.6 Å². The quantitative estimate of drug-likeness (QED) is 0.345. The third kappa shape index (κ3) is 5.24. The van der Waals surface area contributed by atoms with E-state index in [2.05, 4.69) is 20.2 Å². The van der Waals surface area contributed by atoms with E-state index in [-0.39, 0.29) is 62.6 Å². The Labute approximate surface area is 169 Å². The number of nitrogens with zero attached hydrogens (tertiary/aromatic N) is 4. The molecule has 1 aliphatic heterocycles. The van der Waals surface area contributed by atoms with Crippen LogP contribution in [0.15, 0.2) is 17.2 Å². The number of nitrogens with one attached hydrogen (secondary N) is 1. The smallest absolute Gasteiger partial charge is 0.445 e. The van der Waals surface area contributed by atoms with Gasteiger partial charge in [-0.3, -0.25) is 4.90 Å². The van der Waals surface area contributed by atoms with Gasteiger partial charge >= 0.3 is 58.4 Å². The summed E-state index contributed by atoms with van der Waals surface area (Å²) in [4.78, 5) is 4.68. The van der Waals surface area contributed by atoms with Gasteiger partial charge in [0.05, 0.1) is 0 Å². The van der Waals surface area contributed by atoms with E-state index in [0.29, 0.717) is 12.1 Å². The zero-order valence-corrected chi connectivity index (χ0v) is 15.8. The molecule has 22 heavy (non-hydrogen) atoms. The molecule has 5 nitrogen and oxygen atoms in total. The van der Waals surface area contributed by atoms with Crippen molar-refractivity contribution in [1.82, 2.24) is 10.2 Å². The summed E-state index contributed by atoms with van der Waals surface area (Å²) >= 11 is 0. The van der Waals surface area contributed by atoms with Gasteiger partial charge in [0.25, 0.3) is 0 Å². The van der Waals surface area contributed by atoms with Crippen molar-refractivity contribution in [2.24, 2.45) is 5.11 Å². The van der Waals surface area contributed by atoms with E-state index in [1.165, 1.54) is 6.92 Å². The van der Waals surface area contributed by atoms with E-state index in [9.17, 15) is 12.9 Å². The van der Waals surface area contributed by atoms with Gasteiger partial charge in [-0.2, -0.15) is 0 Å². The van der Waals surface area contributed by atoms with Crippen LogP contribution >= 0.6 is 0 Å². The fourth-order valence-corrected chi connectivity index (χ4v) is 2.51. The molecule has 1 aromatic carbocycles. The van der Waals surface area contributed by atoms with E-state index in [4.69, 9.17) is 5.53 Å². The van der Waals surface area contributed by atoms with Gasteiger partial charge in [-0.1, -0.05) is 16.7 Å². The molecule has 0 atom stereocenters. The third-order valence-electron chi connectivity index (χ3n) is 3.66.